The van der Waals surface area contributed by atoms with Crippen LogP contribution in [0.5, 0.6) is 5.75 Å². The number of nitrogens with one attached hydrogen (secondary N) is 1. The molecule has 1 aliphatic heterocycles. The number of halogens is 1. The monoisotopic (exact) mass is 237 g/mol. The lowest BCUT2D eigenvalue weighted by Crippen LogP contribution is -2.23. The number of hydrogen-bond acceptors (Lipinski definition) is 2. The lowest BCUT2D eigenvalue weighted by Gasteiger charge is -2.20. The first kappa shape index (κ1) is 10.4. The fraction of sp³-hybridized carbons (Fsp3) is 0.538. The van der Waals surface area contributed by atoms with Crippen molar-refractivity contribution in [2.45, 2.75) is 25.8 Å². The van der Waals surface area contributed by atoms with Crippen molar-refractivity contribution in [3.8, 4) is 5.75 Å². The minimum Gasteiger partial charge on any atom is -0.492 e. The molecular weight excluding hydrogens is 222 g/mol. The van der Waals surface area contributed by atoms with E-state index in [1.54, 1.807) is 0 Å². The van der Waals surface area contributed by atoms with E-state index in [-0.39, 0.29) is 0 Å². The summed E-state index contributed by atoms with van der Waals surface area (Å²) in [6, 6.07) is 4.14. The van der Waals surface area contributed by atoms with E-state index in [2.05, 4.69) is 11.4 Å². The third kappa shape index (κ3) is 2.04. The van der Waals surface area contributed by atoms with Gasteiger partial charge in [0.15, 0.2) is 0 Å². The first-order chi connectivity index (χ1) is 7.84. The summed E-state index contributed by atoms with van der Waals surface area (Å²) in [5.41, 5.74) is 2.59. The molecule has 1 fully saturated rings. The Kier molecular flexibility index (Phi) is 2.78. The van der Waals surface area contributed by atoms with Crippen molar-refractivity contribution in [3.63, 3.8) is 0 Å². The fourth-order valence-electron chi connectivity index (χ4n) is 2.12. The van der Waals surface area contributed by atoms with Crippen LogP contribution in [0, 0.1) is 5.92 Å². The van der Waals surface area contributed by atoms with Gasteiger partial charge in [-0.15, -0.1) is 0 Å². The summed E-state index contributed by atoms with van der Waals surface area (Å²) in [4.78, 5) is 0. The average Bonchev–Trinajstić information content (AvgIpc) is 3.13. The number of benzene rings is 1. The topological polar surface area (TPSA) is 21.3 Å². The molecule has 1 aliphatic carbocycles. The van der Waals surface area contributed by atoms with E-state index in [0.29, 0.717) is 0 Å². The Morgan fingerprint density at radius 3 is 3.06 bits per heavy atom. The molecule has 86 valence electrons. The summed E-state index contributed by atoms with van der Waals surface area (Å²) in [5, 5.41) is 4.18. The van der Waals surface area contributed by atoms with Crippen LogP contribution in [0.2, 0.25) is 5.02 Å². The molecule has 1 N–H and O–H groups in total. The zero-order valence-corrected chi connectivity index (χ0v) is 10.0. The minimum absolute atomic E-state index is 0.772. The second-order valence-electron chi connectivity index (χ2n) is 4.70. The molecule has 3 rings (SSSR count). The maximum absolute atomic E-state index is 6.38. The lowest BCUT2D eigenvalue weighted by molar-refractivity contribution is 0.299. The van der Waals surface area contributed by atoms with Gasteiger partial charge in [0.25, 0.3) is 0 Å². The molecule has 0 radical (unpaired) electrons. The lowest BCUT2D eigenvalue weighted by atomic mass is 10.0. The van der Waals surface area contributed by atoms with E-state index in [1.807, 2.05) is 6.07 Å². The van der Waals surface area contributed by atoms with Crippen LogP contribution in [-0.2, 0) is 13.0 Å². The van der Waals surface area contributed by atoms with Crippen LogP contribution in [-0.4, -0.2) is 13.2 Å². The zero-order valence-electron chi connectivity index (χ0n) is 9.26. The third-order valence-electron chi connectivity index (χ3n) is 3.34. The molecule has 2 aliphatic rings. The summed E-state index contributed by atoms with van der Waals surface area (Å²) in [6.45, 7) is 2.77. The maximum atomic E-state index is 6.38. The molecule has 16 heavy (non-hydrogen) atoms. The predicted molar refractivity (Wildman–Crippen MR) is 65.1 cm³/mol. The van der Waals surface area contributed by atoms with Crippen molar-refractivity contribution in [1.29, 1.82) is 0 Å². The SMILES string of the molecule is Clc1c(OCC2CC2)ccc2c1CCNC2. The molecular formula is C13H16ClNO. The standard InChI is InChI=1S/C13H16ClNO/c14-13-11-5-6-15-7-10(11)3-4-12(13)16-8-9-1-2-9/h3-4,9,15H,1-2,5-8H2. The van der Waals surface area contributed by atoms with Gasteiger partial charge < -0.3 is 10.1 Å². The number of fused-ring (bicyclic) bond motifs is 1. The van der Waals surface area contributed by atoms with Gasteiger partial charge in [0.1, 0.15) is 5.75 Å². The van der Waals surface area contributed by atoms with Gasteiger partial charge in [-0.3, -0.25) is 0 Å². The van der Waals surface area contributed by atoms with E-state index in [1.165, 1.54) is 24.0 Å². The van der Waals surface area contributed by atoms with Crippen molar-refractivity contribution in [3.05, 3.63) is 28.3 Å². The molecule has 1 aromatic rings. The van der Waals surface area contributed by atoms with Crippen LogP contribution in [0.1, 0.15) is 24.0 Å². The zero-order chi connectivity index (χ0) is 11.0. The van der Waals surface area contributed by atoms with Gasteiger partial charge in [0, 0.05) is 6.54 Å². The van der Waals surface area contributed by atoms with Crippen LogP contribution in [0.15, 0.2) is 12.1 Å². The van der Waals surface area contributed by atoms with Gasteiger partial charge in [-0.2, -0.15) is 0 Å². The summed E-state index contributed by atoms with van der Waals surface area (Å²) < 4.78 is 5.77. The molecule has 0 unspecified atom stereocenters. The first-order valence-corrected chi connectivity index (χ1v) is 6.36. The highest BCUT2D eigenvalue weighted by molar-refractivity contribution is 6.33. The van der Waals surface area contributed by atoms with Crippen molar-refractivity contribution >= 4 is 11.6 Å². The number of rotatable bonds is 3. The maximum Gasteiger partial charge on any atom is 0.138 e. The third-order valence-corrected chi connectivity index (χ3v) is 3.76. The molecule has 1 aromatic carbocycles. The van der Waals surface area contributed by atoms with E-state index in [4.69, 9.17) is 16.3 Å². The van der Waals surface area contributed by atoms with Crippen LogP contribution >= 0.6 is 11.6 Å². The van der Waals surface area contributed by atoms with Crippen molar-refractivity contribution in [2.75, 3.05) is 13.2 Å². The van der Waals surface area contributed by atoms with Crippen LogP contribution in [0.4, 0.5) is 0 Å². The van der Waals surface area contributed by atoms with Crippen LogP contribution in [0.3, 0.4) is 0 Å². The Balaban J connectivity index is 1.81. The summed E-state index contributed by atoms with van der Waals surface area (Å²) in [6.07, 6.45) is 3.63. The predicted octanol–water partition coefficient (Wildman–Crippen LogP) is 2.77. The summed E-state index contributed by atoms with van der Waals surface area (Å²) >= 11 is 6.38. The quantitative estimate of drug-likeness (QED) is 0.873. The van der Waals surface area contributed by atoms with Gasteiger partial charge in [-0.1, -0.05) is 17.7 Å². The highest BCUT2D eigenvalue weighted by Gasteiger charge is 2.23. The molecule has 0 aromatic heterocycles. The normalized spacial score (nSPS) is 19.3. The van der Waals surface area contributed by atoms with Crippen molar-refractivity contribution < 1.29 is 4.74 Å². The second-order valence-corrected chi connectivity index (χ2v) is 5.07. The smallest absolute Gasteiger partial charge is 0.138 e. The van der Waals surface area contributed by atoms with Crippen molar-refractivity contribution in [2.24, 2.45) is 5.92 Å². The van der Waals surface area contributed by atoms with E-state index < -0.39 is 0 Å². The molecule has 2 nitrogen and oxygen atoms in total. The summed E-state index contributed by atoms with van der Waals surface area (Å²) in [5.74, 6) is 1.64. The van der Waals surface area contributed by atoms with Gasteiger partial charge in [0.05, 0.1) is 11.6 Å². The van der Waals surface area contributed by atoms with Gasteiger partial charge in [-0.25, -0.2) is 0 Å². The Labute approximate surface area is 101 Å². The van der Waals surface area contributed by atoms with Crippen LogP contribution < -0.4 is 10.1 Å². The van der Waals surface area contributed by atoms with E-state index >= 15 is 0 Å². The molecule has 0 atom stereocenters. The van der Waals surface area contributed by atoms with Crippen LogP contribution in [0.25, 0.3) is 0 Å². The molecule has 1 saturated carbocycles. The van der Waals surface area contributed by atoms with Crippen molar-refractivity contribution in [1.82, 2.24) is 5.32 Å². The summed E-state index contributed by atoms with van der Waals surface area (Å²) in [7, 11) is 0. The molecule has 0 spiro atoms. The Morgan fingerprint density at radius 1 is 1.38 bits per heavy atom. The number of hydrogen-bond donors (Lipinski definition) is 1. The highest BCUT2D eigenvalue weighted by atomic mass is 35.5. The largest absolute Gasteiger partial charge is 0.492 e. The average molecular weight is 238 g/mol. The minimum atomic E-state index is 0.772. The Bertz CT molecular complexity index is 401. The Morgan fingerprint density at radius 2 is 2.25 bits per heavy atom. The van der Waals surface area contributed by atoms with Gasteiger partial charge >= 0.3 is 0 Å². The van der Waals surface area contributed by atoms with E-state index in [9.17, 15) is 0 Å². The Hall–Kier alpha value is -0.730. The number of ether oxygens (including phenoxy) is 1. The van der Waals surface area contributed by atoms with Gasteiger partial charge in [-0.05, 0) is 48.9 Å². The molecule has 3 heteroatoms. The highest BCUT2D eigenvalue weighted by Crippen LogP contribution is 2.35. The molecule has 0 amide bonds. The first-order valence-electron chi connectivity index (χ1n) is 5.98. The second kappa shape index (κ2) is 4.27. The molecule has 1 heterocycles. The fourth-order valence-corrected chi connectivity index (χ4v) is 2.45. The van der Waals surface area contributed by atoms with Gasteiger partial charge in [0.2, 0.25) is 0 Å². The molecule has 0 bridgehead atoms. The van der Waals surface area contributed by atoms with E-state index in [0.717, 1.165) is 42.8 Å². The molecule has 0 saturated heterocycles.